The van der Waals surface area contributed by atoms with Gasteiger partial charge in [-0.25, -0.2) is 0 Å². The van der Waals surface area contributed by atoms with Crippen LogP contribution in [0.4, 0.5) is 0 Å². The van der Waals surface area contributed by atoms with Gasteiger partial charge in [-0.3, -0.25) is 0 Å². The van der Waals surface area contributed by atoms with E-state index in [0.717, 1.165) is 5.92 Å². The molecule has 0 aromatic carbocycles. The zero-order valence-electron chi connectivity index (χ0n) is 6.63. The van der Waals surface area contributed by atoms with Crippen LogP contribution in [0.2, 0.25) is 0 Å². The Morgan fingerprint density at radius 3 is 3.10 bits per heavy atom. The van der Waals surface area contributed by atoms with Crippen LogP contribution >= 0.6 is 0 Å². The van der Waals surface area contributed by atoms with Crippen LogP contribution in [-0.2, 0) is 4.74 Å². The molecule has 0 amide bonds. The summed E-state index contributed by atoms with van der Waals surface area (Å²) in [6, 6.07) is 0. The summed E-state index contributed by atoms with van der Waals surface area (Å²) in [6.45, 7) is 4.40. The largest absolute Gasteiger partial charge is 0.362 e. The average Bonchev–Trinajstić information content (AvgIpc) is 2.59. The topological polar surface area (TPSA) is 12.5 Å². The van der Waals surface area contributed by atoms with Crippen molar-refractivity contribution >= 4 is 0 Å². The summed E-state index contributed by atoms with van der Waals surface area (Å²) in [7, 11) is 0. The summed E-state index contributed by atoms with van der Waals surface area (Å²) in [6.07, 6.45) is 7.58. The quantitative estimate of drug-likeness (QED) is 0.399. The molecule has 0 N–H and O–H groups in total. The Kier molecular flexibility index (Phi) is 1.19. The van der Waals surface area contributed by atoms with E-state index in [1.807, 2.05) is 0 Å². The summed E-state index contributed by atoms with van der Waals surface area (Å²) in [5.41, 5.74) is 0.145. The minimum Gasteiger partial charge on any atom is -0.362 e. The second-order valence-electron chi connectivity index (χ2n) is 3.55. The van der Waals surface area contributed by atoms with E-state index < -0.39 is 0 Å². The lowest BCUT2D eigenvalue weighted by atomic mass is 9.88. The first-order valence-electron chi connectivity index (χ1n) is 4.12. The first kappa shape index (κ1) is 6.41. The van der Waals surface area contributed by atoms with Gasteiger partial charge in [-0.1, -0.05) is 19.1 Å². The van der Waals surface area contributed by atoms with Crippen LogP contribution in [0.3, 0.4) is 0 Å². The molecule has 0 saturated carbocycles. The number of allylic oxidation sites excluding steroid dienone is 1. The fourth-order valence-corrected chi connectivity index (χ4v) is 1.68. The summed E-state index contributed by atoms with van der Waals surface area (Å²) < 4.78 is 5.51. The molecule has 56 valence electrons. The minimum absolute atomic E-state index is 0.145. The molecule has 1 nitrogen and oxygen atoms in total. The van der Waals surface area contributed by atoms with Crippen LogP contribution < -0.4 is 0 Å². The highest BCUT2D eigenvalue weighted by Gasteiger charge is 2.52. The second kappa shape index (κ2) is 1.85. The number of ether oxygens (including phenoxy) is 1. The van der Waals surface area contributed by atoms with Crippen molar-refractivity contribution in [2.45, 2.75) is 38.4 Å². The molecule has 10 heavy (non-hydrogen) atoms. The Morgan fingerprint density at radius 2 is 2.50 bits per heavy atom. The highest BCUT2D eigenvalue weighted by molar-refractivity contribution is 5.19. The van der Waals surface area contributed by atoms with Gasteiger partial charge in [0.1, 0.15) is 5.60 Å². The number of hydrogen-bond acceptors (Lipinski definition) is 1. The SMILES string of the molecule is CC[C@H]1C=C[C@@]2(C)OC2C1. The molecule has 1 heteroatoms. The van der Waals surface area contributed by atoms with Crippen molar-refractivity contribution in [2.75, 3.05) is 0 Å². The van der Waals surface area contributed by atoms with Gasteiger partial charge < -0.3 is 4.74 Å². The molecular weight excluding hydrogens is 124 g/mol. The lowest BCUT2D eigenvalue weighted by Crippen LogP contribution is -2.14. The Bertz CT molecular complexity index is 174. The number of rotatable bonds is 1. The van der Waals surface area contributed by atoms with Gasteiger partial charge in [-0.15, -0.1) is 0 Å². The van der Waals surface area contributed by atoms with Crippen molar-refractivity contribution in [3.63, 3.8) is 0 Å². The van der Waals surface area contributed by atoms with Crippen molar-refractivity contribution in [3.8, 4) is 0 Å². The normalized spacial score (nSPS) is 50.6. The van der Waals surface area contributed by atoms with E-state index in [1.54, 1.807) is 0 Å². The van der Waals surface area contributed by atoms with Gasteiger partial charge in [0, 0.05) is 0 Å². The maximum absolute atomic E-state index is 5.51. The molecule has 1 saturated heterocycles. The third kappa shape index (κ3) is 0.807. The molecular formula is C9H14O. The molecule has 1 aliphatic heterocycles. The summed E-state index contributed by atoms with van der Waals surface area (Å²) in [5, 5.41) is 0. The summed E-state index contributed by atoms with van der Waals surface area (Å²) in [5.74, 6) is 0.778. The van der Waals surface area contributed by atoms with Crippen molar-refractivity contribution in [1.82, 2.24) is 0 Å². The predicted octanol–water partition coefficient (Wildman–Crippen LogP) is 2.13. The smallest absolute Gasteiger partial charge is 0.110 e. The van der Waals surface area contributed by atoms with E-state index in [4.69, 9.17) is 4.74 Å². The third-order valence-corrected chi connectivity index (χ3v) is 2.72. The molecule has 1 heterocycles. The molecule has 1 unspecified atom stereocenters. The van der Waals surface area contributed by atoms with E-state index in [9.17, 15) is 0 Å². The van der Waals surface area contributed by atoms with Crippen molar-refractivity contribution < 1.29 is 4.74 Å². The van der Waals surface area contributed by atoms with Gasteiger partial charge in [0.25, 0.3) is 0 Å². The molecule has 3 atom stereocenters. The summed E-state index contributed by atoms with van der Waals surface area (Å²) >= 11 is 0. The standard InChI is InChI=1S/C9H14O/c1-3-7-4-5-9(2)8(6-7)10-9/h4-5,7-8H,3,6H2,1-2H3/t7-,8?,9+/m0/s1. The van der Waals surface area contributed by atoms with Crippen LogP contribution in [0, 0.1) is 5.92 Å². The fourth-order valence-electron chi connectivity index (χ4n) is 1.68. The Morgan fingerprint density at radius 1 is 1.70 bits per heavy atom. The lowest BCUT2D eigenvalue weighted by molar-refractivity contribution is 0.335. The Labute approximate surface area is 62.1 Å². The van der Waals surface area contributed by atoms with E-state index in [2.05, 4.69) is 26.0 Å². The van der Waals surface area contributed by atoms with E-state index in [-0.39, 0.29) is 5.60 Å². The lowest BCUT2D eigenvalue weighted by Gasteiger charge is -2.13. The van der Waals surface area contributed by atoms with Crippen molar-refractivity contribution in [2.24, 2.45) is 5.92 Å². The molecule has 1 aliphatic carbocycles. The zero-order valence-corrected chi connectivity index (χ0v) is 6.63. The first-order valence-corrected chi connectivity index (χ1v) is 4.12. The number of fused-ring (bicyclic) bond motifs is 1. The van der Waals surface area contributed by atoms with Crippen LogP contribution in [0.15, 0.2) is 12.2 Å². The van der Waals surface area contributed by atoms with E-state index in [1.165, 1.54) is 12.8 Å². The molecule has 0 radical (unpaired) electrons. The molecule has 1 fully saturated rings. The third-order valence-electron chi connectivity index (χ3n) is 2.72. The van der Waals surface area contributed by atoms with Gasteiger partial charge in [0.2, 0.25) is 0 Å². The molecule has 0 bridgehead atoms. The molecule has 0 aromatic rings. The summed E-state index contributed by atoms with van der Waals surface area (Å²) in [4.78, 5) is 0. The second-order valence-corrected chi connectivity index (χ2v) is 3.55. The predicted molar refractivity (Wildman–Crippen MR) is 40.8 cm³/mol. The highest BCUT2D eigenvalue weighted by Crippen LogP contribution is 2.45. The van der Waals surface area contributed by atoms with E-state index in [0.29, 0.717) is 6.10 Å². The monoisotopic (exact) mass is 138 g/mol. The minimum atomic E-state index is 0.145. The van der Waals surface area contributed by atoms with Crippen LogP contribution in [0.25, 0.3) is 0 Å². The van der Waals surface area contributed by atoms with E-state index >= 15 is 0 Å². The molecule has 0 aromatic heterocycles. The molecule has 2 aliphatic rings. The number of epoxide rings is 1. The van der Waals surface area contributed by atoms with Gasteiger partial charge in [-0.2, -0.15) is 0 Å². The van der Waals surface area contributed by atoms with Crippen LogP contribution in [-0.4, -0.2) is 11.7 Å². The van der Waals surface area contributed by atoms with Crippen molar-refractivity contribution in [3.05, 3.63) is 12.2 Å². The molecule has 2 rings (SSSR count). The Hall–Kier alpha value is -0.300. The van der Waals surface area contributed by atoms with Gasteiger partial charge in [-0.05, 0) is 25.7 Å². The maximum atomic E-state index is 5.51. The number of hydrogen-bond donors (Lipinski definition) is 0. The van der Waals surface area contributed by atoms with Gasteiger partial charge in [0.05, 0.1) is 6.10 Å². The fraction of sp³-hybridized carbons (Fsp3) is 0.778. The zero-order chi connectivity index (χ0) is 7.19. The first-order chi connectivity index (χ1) is 4.74. The molecule has 0 spiro atoms. The van der Waals surface area contributed by atoms with Crippen molar-refractivity contribution in [1.29, 1.82) is 0 Å². The van der Waals surface area contributed by atoms with Gasteiger partial charge >= 0.3 is 0 Å². The Balaban J connectivity index is 2.08. The van der Waals surface area contributed by atoms with Gasteiger partial charge in [0.15, 0.2) is 0 Å². The van der Waals surface area contributed by atoms with Crippen LogP contribution in [0.5, 0.6) is 0 Å². The maximum Gasteiger partial charge on any atom is 0.110 e. The highest BCUT2D eigenvalue weighted by atomic mass is 16.6. The average molecular weight is 138 g/mol. The van der Waals surface area contributed by atoms with Crippen LogP contribution in [0.1, 0.15) is 26.7 Å².